The van der Waals surface area contributed by atoms with Crippen molar-refractivity contribution in [1.29, 1.82) is 0 Å². The predicted octanol–water partition coefficient (Wildman–Crippen LogP) is 20.2. The first-order chi connectivity index (χ1) is 43.9. The number of ketones is 2. The minimum atomic E-state index is -0.497. The number of ether oxygens (including phenoxy) is 4. The fourth-order valence-corrected chi connectivity index (χ4v) is 21.4. The van der Waals surface area contributed by atoms with Crippen molar-refractivity contribution >= 4 is 35.4 Å². The molecule has 16 atom stereocenters. The quantitative estimate of drug-likeness (QED) is 0.0225. The van der Waals surface area contributed by atoms with Gasteiger partial charge in [-0.2, -0.15) is 0 Å². The molecule has 10 nitrogen and oxygen atoms in total. The number of Topliss-reactive ketones (excluding diaryl/α,β-unsaturated/α-hetero) is 2. The third-order valence-electron chi connectivity index (χ3n) is 26.8. The monoisotopic (exact) mass is 1270 g/mol. The molecule has 1 aromatic carbocycles. The van der Waals surface area contributed by atoms with Crippen molar-refractivity contribution < 1.29 is 47.7 Å². The van der Waals surface area contributed by atoms with Crippen LogP contribution in [0.1, 0.15) is 309 Å². The predicted molar refractivity (Wildman–Crippen MR) is 368 cm³/mol. The van der Waals surface area contributed by atoms with Crippen LogP contribution < -0.4 is 9.47 Å². The number of hydrogen-bond acceptors (Lipinski definition) is 10. The van der Waals surface area contributed by atoms with E-state index in [9.17, 15) is 19.2 Å². The number of rotatable bonds is 32. The number of hydrogen-bond donors (Lipinski definition) is 0. The van der Waals surface area contributed by atoms with Crippen LogP contribution in [-0.2, 0) is 28.7 Å². The summed E-state index contributed by atoms with van der Waals surface area (Å²) < 4.78 is 26.4. The number of esters is 2. The lowest BCUT2D eigenvalue weighted by Crippen LogP contribution is -2.51. The molecule has 10 heteroatoms. The molecule has 0 bridgehead atoms. The third kappa shape index (κ3) is 16.0. The molecule has 0 aromatic heterocycles. The van der Waals surface area contributed by atoms with Crippen molar-refractivity contribution in [1.82, 2.24) is 0 Å². The summed E-state index contributed by atoms with van der Waals surface area (Å²) >= 11 is 0. The van der Waals surface area contributed by atoms with E-state index in [4.69, 9.17) is 18.9 Å². The molecule has 8 aliphatic carbocycles. The Balaban J connectivity index is 0.916. The number of allylic oxidation sites excluding steroid dienone is 4. The Bertz CT molecular complexity index is 2720. The van der Waals surface area contributed by atoms with Gasteiger partial charge in [-0.1, -0.05) is 157 Å². The van der Waals surface area contributed by atoms with Crippen LogP contribution in [0, 0.1) is 92.7 Å². The maximum Gasteiger partial charge on any atom is 0.342 e. The van der Waals surface area contributed by atoms with Crippen LogP contribution in [0.4, 0.5) is 0 Å². The lowest BCUT2D eigenvalue weighted by Gasteiger charge is -2.58. The molecular weight excluding hydrogens is 1140 g/mol. The molecule has 0 spiro atoms. The molecule has 0 radical (unpaired) electrons. The second-order valence-electron chi connectivity index (χ2n) is 33.3. The van der Waals surface area contributed by atoms with Gasteiger partial charge in [-0.25, -0.2) is 19.2 Å². The molecule has 0 saturated heterocycles. The van der Waals surface area contributed by atoms with Crippen molar-refractivity contribution in [2.75, 3.05) is 13.2 Å². The van der Waals surface area contributed by atoms with Gasteiger partial charge in [0.2, 0.25) is 0 Å². The molecule has 9 rings (SSSR count). The van der Waals surface area contributed by atoms with Crippen molar-refractivity contribution in [3.63, 3.8) is 0 Å². The Hall–Kier alpha value is -4.52. The minimum absolute atomic E-state index is 0.0827. The number of unbranched alkanes of at least 4 members (excludes halogenated alkanes) is 6. The molecule has 6 saturated carbocycles. The van der Waals surface area contributed by atoms with Gasteiger partial charge in [0.05, 0.1) is 24.4 Å². The van der Waals surface area contributed by atoms with Gasteiger partial charge in [0, 0.05) is 25.7 Å². The Morgan fingerprint density at radius 1 is 0.478 bits per heavy atom. The van der Waals surface area contributed by atoms with Crippen LogP contribution in [0.15, 0.2) is 46.6 Å². The van der Waals surface area contributed by atoms with Crippen molar-refractivity contribution in [3.8, 4) is 11.5 Å². The maximum atomic E-state index is 15.0. The highest BCUT2D eigenvalue weighted by Crippen LogP contribution is 2.69. The molecular formula is C82H122O10. The standard InChI is InChI=1S/C82H122O10/c1-53(2)23-21-25-55(5)67-33-35-69-63-31-29-59-47-61(37-41-79(59,9)71(63)39-43-81(67,69)11)91-77(87)65-49-76(90-46-20-16-14-18-28-74(86)58(8)52-84)66(50-75(65)89-45-19-15-13-17-27-73(85)57(7)51-83)78(88)92-62-38-42-80(10)60(48-62)30-32-64-70-36-34-68(56(6)26-22-24-54(3)4)82(70,12)44-40-72(64)80/h29-30,49-50,53-56,61-64,67-72H,13-28,31-48H2,1-12H3/t55-,56-,61?,62?,63?,64?,67-,68-,69?,70?,71?,72?,79+,80+,81-,82-/m1/s1. The number of benzene rings is 1. The topological polar surface area (TPSA) is 139 Å². The number of carbonyl (C=O) groups excluding carboxylic acids is 6. The molecule has 92 heavy (non-hydrogen) atoms. The second kappa shape index (κ2) is 31.6. The zero-order chi connectivity index (χ0) is 66.1. The largest absolute Gasteiger partial charge is 0.493 e. The summed E-state index contributed by atoms with van der Waals surface area (Å²) in [6.07, 6.45) is 36.5. The summed E-state index contributed by atoms with van der Waals surface area (Å²) in [6.45, 7) is 28.4. The Morgan fingerprint density at radius 3 is 1.25 bits per heavy atom. The van der Waals surface area contributed by atoms with E-state index in [1.807, 2.05) is 0 Å². The van der Waals surface area contributed by atoms with Gasteiger partial charge in [0.1, 0.15) is 46.7 Å². The highest BCUT2D eigenvalue weighted by atomic mass is 16.6. The van der Waals surface area contributed by atoms with Gasteiger partial charge in [-0.05, 0) is 234 Å². The molecule has 8 unspecified atom stereocenters. The molecule has 510 valence electrons. The zero-order valence-electron chi connectivity index (χ0n) is 59.5. The number of fused-ring (bicyclic) bond motifs is 10. The van der Waals surface area contributed by atoms with Gasteiger partial charge in [-0.15, -0.1) is 0 Å². The first-order valence-electron chi connectivity index (χ1n) is 37.7. The van der Waals surface area contributed by atoms with E-state index < -0.39 is 11.9 Å². The van der Waals surface area contributed by atoms with Gasteiger partial charge in [0.15, 0.2) is 11.6 Å². The van der Waals surface area contributed by atoms with Crippen molar-refractivity contribution in [3.05, 3.63) is 57.7 Å². The second-order valence-corrected chi connectivity index (χ2v) is 33.3. The normalized spacial score (nSPS) is 32.6. The number of carbonyl (C=O) groups is 4. The van der Waals surface area contributed by atoms with Crippen LogP contribution in [0.3, 0.4) is 0 Å². The average Bonchev–Trinajstić information content (AvgIpc) is 1.36. The third-order valence-corrected chi connectivity index (χ3v) is 26.8. The molecule has 1 aromatic rings. The Kier molecular flexibility index (Phi) is 24.6. The van der Waals surface area contributed by atoms with Crippen LogP contribution in [0.25, 0.3) is 0 Å². The molecule has 8 aliphatic rings. The van der Waals surface area contributed by atoms with E-state index in [1.165, 1.54) is 115 Å². The zero-order valence-corrected chi connectivity index (χ0v) is 59.5. The van der Waals surface area contributed by atoms with Crippen molar-refractivity contribution in [2.45, 2.75) is 301 Å². The summed E-state index contributed by atoms with van der Waals surface area (Å²) in [4.78, 5) is 76.9. The van der Waals surface area contributed by atoms with E-state index in [1.54, 1.807) is 24.0 Å². The maximum absolute atomic E-state index is 15.0. The SMILES string of the molecule is CC(=C=O)C(=O)CCCCCCOc1cc(C(=O)OC2CC[C@@]3(C)C(=CCC4C3CC[C@@]3(C)C4CC[C@@H]3[C@H](C)CCCC(C)C)C2)c(OCCCCCCC(=O)C(C)=C=O)cc1C(=O)OC1CC[C@@]2(C)C(=CCC3C2CC[C@@]2(C)C3CC[C@@H]2[C@H](C)CCCC(C)C)C1. The van der Waals surface area contributed by atoms with E-state index in [0.717, 1.165) is 112 Å². The lowest BCUT2D eigenvalue weighted by atomic mass is 9.47. The summed E-state index contributed by atoms with van der Waals surface area (Å²) in [5.41, 5.74) is 4.56. The van der Waals surface area contributed by atoms with Gasteiger partial charge in [-0.3, -0.25) is 9.59 Å². The van der Waals surface area contributed by atoms with E-state index >= 15 is 9.59 Å². The molecule has 0 heterocycles. The lowest BCUT2D eigenvalue weighted by molar-refractivity contribution is -0.116. The van der Waals surface area contributed by atoms with E-state index in [0.29, 0.717) is 73.0 Å². The average molecular weight is 1270 g/mol. The minimum Gasteiger partial charge on any atom is -0.493 e. The smallest absolute Gasteiger partial charge is 0.342 e. The van der Waals surface area contributed by atoms with Gasteiger partial charge in [0.25, 0.3) is 0 Å². The Morgan fingerprint density at radius 2 is 0.870 bits per heavy atom. The van der Waals surface area contributed by atoms with Gasteiger partial charge >= 0.3 is 11.9 Å². The van der Waals surface area contributed by atoms with Crippen LogP contribution >= 0.6 is 0 Å². The molecule has 0 aliphatic heterocycles. The van der Waals surface area contributed by atoms with E-state index in [-0.39, 0.29) is 94.4 Å². The fourth-order valence-electron chi connectivity index (χ4n) is 21.4. The summed E-state index contributed by atoms with van der Waals surface area (Å²) in [5.74, 6) is 11.5. The first kappa shape index (κ1) is 71.8. The fraction of sp³-hybridized carbons (Fsp3) is 0.780. The summed E-state index contributed by atoms with van der Waals surface area (Å²) in [5, 5.41) is 0. The van der Waals surface area contributed by atoms with Crippen molar-refractivity contribution in [2.24, 2.45) is 92.7 Å². The van der Waals surface area contributed by atoms with E-state index in [2.05, 4.69) is 81.4 Å². The highest BCUT2D eigenvalue weighted by molar-refractivity contribution is 6.02. The van der Waals surface area contributed by atoms with Crippen LogP contribution in [0.2, 0.25) is 0 Å². The molecule has 0 amide bonds. The Labute approximate surface area is 556 Å². The first-order valence-corrected chi connectivity index (χ1v) is 37.7. The van der Waals surface area contributed by atoms with Gasteiger partial charge < -0.3 is 18.9 Å². The summed E-state index contributed by atoms with van der Waals surface area (Å²) in [7, 11) is 0. The van der Waals surface area contributed by atoms with Crippen LogP contribution in [0.5, 0.6) is 11.5 Å². The molecule has 0 N–H and O–H groups in total. The summed E-state index contributed by atoms with van der Waals surface area (Å²) in [6, 6.07) is 3.32. The highest BCUT2D eigenvalue weighted by Gasteiger charge is 2.61. The van der Waals surface area contributed by atoms with Crippen LogP contribution in [-0.4, -0.2) is 60.8 Å². The molecule has 6 fully saturated rings.